The van der Waals surface area contributed by atoms with E-state index in [1.165, 1.54) is 5.56 Å². The first kappa shape index (κ1) is 21.5. The van der Waals surface area contributed by atoms with Gasteiger partial charge in [0.2, 0.25) is 0 Å². The van der Waals surface area contributed by atoms with Crippen LogP contribution in [-0.2, 0) is 16.0 Å². The molecule has 1 aliphatic heterocycles. The van der Waals surface area contributed by atoms with Crippen LogP contribution in [0.25, 0.3) is 0 Å². The van der Waals surface area contributed by atoms with Crippen molar-refractivity contribution in [3.05, 3.63) is 29.3 Å². The number of rotatable bonds is 8. The Kier molecular flexibility index (Phi) is 8.38. The van der Waals surface area contributed by atoms with Crippen LogP contribution >= 0.6 is 0 Å². The summed E-state index contributed by atoms with van der Waals surface area (Å²) in [5.74, 6) is 1.69. The van der Waals surface area contributed by atoms with E-state index in [1.54, 1.807) is 14.2 Å². The molecule has 1 unspecified atom stereocenters. The van der Waals surface area contributed by atoms with E-state index in [9.17, 15) is 0 Å². The van der Waals surface area contributed by atoms with Crippen LogP contribution in [0.4, 0.5) is 0 Å². The molecular formula is C21H35N3O3. The third-order valence-corrected chi connectivity index (χ3v) is 5.21. The van der Waals surface area contributed by atoms with Crippen LogP contribution < -0.4 is 15.4 Å². The molecular weight excluding hydrogens is 342 g/mol. The van der Waals surface area contributed by atoms with Gasteiger partial charge in [-0.2, -0.15) is 0 Å². The fourth-order valence-corrected chi connectivity index (χ4v) is 3.06. The first-order valence-electron chi connectivity index (χ1n) is 9.85. The van der Waals surface area contributed by atoms with E-state index in [2.05, 4.69) is 54.6 Å². The molecule has 0 spiro atoms. The van der Waals surface area contributed by atoms with Crippen LogP contribution in [0.3, 0.4) is 0 Å². The van der Waals surface area contributed by atoms with Gasteiger partial charge in [-0.3, -0.25) is 4.99 Å². The number of benzene rings is 1. The number of hydrogen-bond donors (Lipinski definition) is 2. The summed E-state index contributed by atoms with van der Waals surface area (Å²) < 4.78 is 17.3. The molecule has 0 aromatic heterocycles. The summed E-state index contributed by atoms with van der Waals surface area (Å²) in [4.78, 5) is 4.34. The molecule has 1 aromatic rings. The maximum atomic E-state index is 6.10. The van der Waals surface area contributed by atoms with Crippen LogP contribution in [0.2, 0.25) is 0 Å². The lowest BCUT2D eigenvalue weighted by atomic mass is 9.94. The van der Waals surface area contributed by atoms with Crippen molar-refractivity contribution < 1.29 is 14.2 Å². The number of aryl methyl sites for hydroxylation is 1. The van der Waals surface area contributed by atoms with Gasteiger partial charge in [-0.05, 0) is 31.9 Å². The van der Waals surface area contributed by atoms with Gasteiger partial charge in [-0.15, -0.1) is 0 Å². The van der Waals surface area contributed by atoms with Crippen LogP contribution in [0, 0.1) is 6.92 Å². The van der Waals surface area contributed by atoms with Crippen LogP contribution in [0.15, 0.2) is 23.2 Å². The molecule has 152 valence electrons. The molecule has 27 heavy (non-hydrogen) atoms. The number of guanidine groups is 1. The Labute approximate surface area is 163 Å². The molecule has 0 aliphatic carbocycles. The van der Waals surface area contributed by atoms with Gasteiger partial charge in [0.25, 0.3) is 0 Å². The number of methoxy groups -OCH3 is 1. The highest BCUT2D eigenvalue weighted by atomic mass is 16.5. The summed E-state index contributed by atoms with van der Waals surface area (Å²) in [7, 11) is 3.55. The highest BCUT2D eigenvalue weighted by Crippen LogP contribution is 2.24. The van der Waals surface area contributed by atoms with Gasteiger partial charge in [0, 0.05) is 58.9 Å². The van der Waals surface area contributed by atoms with Crippen LogP contribution in [0.1, 0.15) is 44.2 Å². The Balaban J connectivity index is 1.95. The van der Waals surface area contributed by atoms with Crippen molar-refractivity contribution in [2.45, 2.75) is 58.3 Å². The lowest BCUT2D eigenvalue weighted by Gasteiger charge is -2.36. The summed E-state index contributed by atoms with van der Waals surface area (Å²) in [5.41, 5.74) is 2.13. The highest BCUT2D eigenvalue weighted by molar-refractivity contribution is 5.79. The van der Waals surface area contributed by atoms with E-state index >= 15 is 0 Å². The third kappa shape index (κ3) is 6.40. The van der Waals surface area contributed by atoms with Crippen molar-refractivity contribution in [2.75, 3.05) is 33.9 Å². The van der Waals surface area contributed by atoms with E-state index in [0.717, 1.165) is 49.7 Å². The molecule has 6 heteroatoms. The molecule has 2 rings (SSSR count). The van der Waals surface area contributed by atoms with E-state index < -0.39 is 0 Å². The quantitative estimate of drug-likeness (QED) is 0.539. The predicted octanol–water partition coefficient (Wildman–Crippen LogP) is 3.03. The fraction of sp³-hybridized carbons (Fsp3) is 0.667. The van der Waals surface area contributed by atoms with Gasteiger partial charge in [0.15, 0.2) is 5.96 Å². The SMILES string of the molecule is CCC(C)Oc1cc(C)ccc1CNC(=NC)NCC1(OC)CCOCC1. The van der Waals surface area contributed by atoms with Gasteiger partial charge in [-0.1, -0.05) is 19.1 Å². The number of hydrogen-bond acceptors (Lipinski definition) is 4. The van der Waals surface area contributed by atoms with E-state index in [1.807, 2.05) is 0 Å². The first-order valence-corrected chi connectivity index (χ1v) is 9.85. The van der Waals surface area contributed by atoms with Crippen molar-refractivity contribution in [3.8, 4) is 5.75 Å². The molecule has 1 aliphatic rings. The summed E-state index contributed by atoms with van der Waals surface area (Å²) >= 11 is 0. The smallest absolute Gasteiger partial charge is 0.191 e. The molecule has 1 saturated heterocycles. The minimum Gasteiger partial charge on any atom is -0.490 e. The molecule has 0 saturated carbocycles. The maximum absolute atomic E-state index is 6.10. The zero-order valence-corrected chi connectivity index (χ0v) is 17.4. The molecule has 6 nitrogen and oxygen atoms in total. The third-order valence-electron chi connectivity index (χ3n) is 5.21. The van der Waals surface area contributed by atoms with Crippen molar-refractivity contribution in [3.63, 3.8) is 0 Å². The summed E-state index contributed by atoms with van der Waals surface area (Å²) in [6, 6.07) is 6.32. The monoisotopic (exact) mass is 377 g/mol. The molecule has 0 bridgehead atoms. The summed E-state index contributed by atoms with van der Waals surface area (Å²) in [6.45, 7) is 9.14. The zero-order valence-electron chi connectivity index (χ0n) is 17.4. The topological polar surface area (TPSA) is 64.1 Å². The normalized spacial score (nSPS) is 18.0. The number of nitrogens with zero attached hydrogens (tertiary/aromatic N) is 1. The van der Waals surface area contributed by atoms with Crippen molar-refractivity contribution in [2.24, 2.45) is 4.99 Å². The second kappa shape index (κ2) is 10.5. The largest absolute Gasteiger partial charge is 0.490 e. The van der Waals surface area contributed by atoms with Gasteiger partial charge < -0.3 is 24.8 Å². The number of aliphatic imine (C=N–C) groups is 1. The van der Waals surface area contributed by atoms with Gasteiger partial charge in [-0.25, -0.2) is 0 Å². The molecule has 1 aromatic carbocycles. The zero-order chi connectivity index (χ0) is 19.7. The molecule has 2 N–H and O–H groups in total. The first-order chi connectivity index (χ1) is 13.0. The Bertz CT molecular complexity index is 613. The Morgan fingerprint density at radius 2 is 2.04 bits per heavy atom. The lowest BCUT2D eigenvalue weighted by molar-refractivity contribution is -0.0855. The van der Waals surface area contributed by atoms with Crippen molar-refractivity contribution in [1.82, 2.24) is 10.6 Å². The molecule has 1 fully saturated rings. The molecule has 0 radical (unpaired) electrons. The van der Waals surface area contributed by atoms with Gasteiger partial charge in [0.1, 0.15) is 5.75 Å². The minimum absolute atomic E-state index is 0.190. The Morgan fingerprint density at radius 3 is 2.67 bits per heavy atom. The second-order valence-electron chi connectivity index (χ2n) is 7.23. The standard InChI is InChI=1S/C21H35N3O3/c1-6-17(3)27-19-13-16(2)7-8-18(19)14-23-20(22-4)24-15-21(25-5)9-11-26-12-10-21/h7-8,13,17H,6,9-12,14-15H2,1-5H3,(H2,22,23,24). The van der Waals surface area contributed by atoms with Crippen molar-refractivity contribution >= 4 is 5.96 Å². The van der Waals surface area contributed by atoms with Gasteiger partial charge >= 0.3 is 0 Å². The van der Waals surface area contributed by atoms with E-state index in [0.29, 0.717) is 13.1 Å². The summed E-state index contributed by atoms with van der Waals surface area (Å²) in [6.07, 6.45) is 2.95. The van der Waals surface area contributed by atoms with E-state index in [4.69, 9.17) is 14.2 Å². The maximum Gasteiger partial charge on any atom is 0.191 e. The number of nitrogens with one attached hydrogen (secondary N) is 2. The Hall–Kier alpha value is -1.79. The lowest BCUT2D eigenvalue weighted by Crippen LogP contribution is -2.50. The number of ether oxygens (including phenoxy) is 3. The molecule has 1 heterocycles. The fourth-order valence-electron chi connectivity index (χ4n) is 3.06. The minimum atomic E-state index is -0.190. The van der Waals surface area contributed by atoms with E-state index in [-0.39, 0.29) is 11.7 Å². The second-order valence-corrected chi connectivity index (χ2v) is 7.23. The van der Waals surface area contributed by atoms with Crippen molar-refractivity contribution in [1.29, 1.82) is 0 Å². The Morgan fingerprint density at radius 1 is 1.30 bits per heavy atom. The predicted molar refractivity (Wildman–Crippen MR) is 110 cm³/mol. The van der Waals surface area contributed by atoms with Gasteiger partial charge in [0.05, 0.1) is 11.7 Å². The molecule has 0 amide bonds. The average molecular weight is 378 g/mol. The highest BCUT2D eigenvalue weighted by Gasteiger charge is 2.32. The molecule has 1 atom stereocenters. The summed E-state index contributed by atoms with van der Waals surface area (Å²) in [5, 5.41) is 6.79. The van der Waals surface area contributed by atoms with Crippen LogP contribution in [0.5, 0.6) is 5.75 Å². The van der Waals surface area contributed by atoms with Crippen LogP contribution in [-0.4, -0.2) is 51.6 Å². The average Bonchev–Trinajstić information content (AvgIpc) is 2.70.